The Kier molecular flexibility index (Phi) is 3.73. The molecule has 0 saturated carbocycles. The first kappa shape index (κ1) is 11.2. The Morgan fingerprint density at radius 3 is 3.06 bits per heavy atom. The maximum Gasteiger partial charge on any atom is 0.139 e. The maximum atomic E-state index is 8.58. The van der Waals surface area contributed by atoms with Gasteiger partial charge in [-0.1, -0.05) is 17.0 Å². The Morgan fingerprint density at radius 1 is 1.35 bits per heavy atom. The highest BCUT2D eigenvalue weighted by Gasteiger charge is 1.99. The minimum Gasteiger partial charge on any atom is -0.487 e. The van der Waals surface area contributed by atoms with Gasteiger partial charge in [0.2, 0.25) is 0 Å². The number of aromatic nitrogens is 2. The quantitative estimate of drug-likeness (QED) is 0.796. The summed E-state index contributed by atoms with van der Waals surface area (Å²) in [7, 11) is 0. The van der Waals surface area contributed by atoms with Gasteiger partial charge in [0.05, 0.1) is 12.4 Å². The van der Waals surface area contributed by atoms with Gasteiger partial charge in [-0.3, -0.25) is 4.98 Å². The summed E-state index contributed by atoms with van der Waals surface area (Å²) in [5, 5.41) is 12.2. The van der Waals surface area contributed by atoms with E-state index in [1.54, 1.807) is 24.7 Å². The van der Waals surface area contributed by atoms with Gasteiger partial charge in [-0.05, 0) is 6.07 Å². The summed E-state index contributed by atoms with van der Waals surface area (Å²) in [6.07, 6.45) is 6.30. The third-order valence-electron chi connectivity index (χ3n) is 1.91. The van der Waals surface area contributed by atoms with Gasteiger partial charge in [-0.25, -0.2) is 0 Å². The third-order valence-corrected chi connectivity index (χ3v) is 1.91. The number of hydrogen-bond acceptors (Lipinski definition) is 5. The summed E-state index contributed by atoms with van der Waals surface area (Å²) in [6, 6.07) is 1.75. The SMILES string of the molecule is OCC#Cc1cncc(OCc2cnoc2)c1. The lowest BCUT2D eigenvalue weighted by molar-refractivity contribution is 0.303. The molecule has 0 unspecified atom stereocenters. The van der Waals surface area contributed by atoms with Gasteiger partial charge in [0, 0.05) is 17.3 Å². The van der Waals surface area contributed by atoms with Crippen LogP contribution in [0.2, 0.25) is 0 Å². The Morgan fingerprint density at radius 2 is 2.29 bits per heavy atom. The van der Waals surface area contributed by atoms with Crippen LogP contribution in [-0.4, -0.2) is 21.9 Å². The van der Waals surface area contributed by atoms with Crippen LogP contribution in [0.5, 0.6) is 5.75 Å². The molecule has 2 aromatic rings. The number of nitrogens with zero attached hydrogens (tertiary/aromatic N) is 2. The number of rotatable bonds is 3. The van der Waals surface area contributed by atoms with E-state index in [9.17, 15) is 0 Å². The molecule has 0 aromatic carbocycles. The molecule has 0 aliphatic rings. The predicted octanol–water partition coefficient (Wildman–Crippen LogP) is 0.992. The van der Waals surface area contributed by atoms with E-state index < -0.39 is 0 Å². The van der Waals surface area contributed by atoms with Crippen LogP contribution < -0.4 is 4.74 Å². The van der Waals surface area contributed by atoms with Gasteiger partial charge in [-0.2, -0.15) is 0 Å². The topological polar surface area (TPSA) is 68.4 Å². The molecule has 0 saturated heterocycles. The molecule has 0 bridgehead atoms. The zero-order valence-corrected chi connectivity index (χ0v) is 8.96. The lowest BCUT2D eigenvalue weighted by Gasteiger charge is -2.03. The second-order valence-corrected chi connectivity index (χ2v) is 3.19. The molecule has 0 aliphatic heterocycles. The van der Waals surface area contributed by atoms with Gasteiger partial charge >= 0.3 is 0 Å². The van der Waals surface area contributed by atoms with Crippen LogP contribution in [0, 0.1) is 11.8 Å². The van der Waals surface area contributed by atoms with E-state index in [0.29, 0.717) is 17.9 Å². The van der Waals surface area contributed by atoms with Crippen molar-refractivity contribution in [3.63, 3.8) is 0 Å². The molecule has 0 spiro atoms. The Labute approximate surface area is 98.0 Å². The molecule has 2 rings (SSSR count). The van der Waals surface area contributed by atoms with Gasteiger partial charge in [-0.15, -0.1) is 0 Å². The highest BCUT2D eigenvalue weighted by molar-refractivity contribution is 5.36. The Hall–Kier alpha value is -2.32. The van der Waals surface area contributed by atoms with Crippen molar-refractivity contribution in [3.8, 4) is 17.6 Å². The predicted molar refractivity (Wildman–Crippen MR) is 59.0 cm³/mol. The van der Waals surface area contributed by atoms with Gasteiger partial charge < -0.3 is 14.4 Å². The van der Waals surface area contributed by atoms with Crippen LogP contribution >= 0.6 is 0 Å². The molecular formula is C12H10N2O3. The fourth-order valence-electron chi connectivity index (χ4n) is 1.17. The van der Waals surface area contributed by atoms with Crippen molar-refractivity contribution < 1.29 is 14.4 Å². The molecule has 1 N–H and O–H groups in total. The standard InChI is InChI=1S/C12H10N2O3/c15-3-1-2-10-4-12(7-13-5-10)16-8-11-6-14-17-9-11/h4-7,9,15H,3,8H2. The van der Waals surface area contributed by atoms with Crippen molar-refractivity contribution >= 4 is 0 Å². The molecule has 5 heteroatoms. The van der Waals surface area contributed by atoms with E-state index in [1.165, 1.54) is 6.26 Å². The number of hydrogen-bond donors (Lipinski definition) is 1. The van der Waals surface area contributed by atoms with Crippen LogP contribution in [0.25, 0.3) is 0 Å². The van der Waals surface area contributed by atoms with E-state index in [-0.39, 0.29) is 6.61 Å². The maximum absolute atomic E-state index is 8.58. The van der Waals surface area contributed by atoms with Gasteiger partial charge in [0.1, 0.15) is 25.2 Å². The normalized spacial score (nSPS) is 9.47. The van der Waals surface area contributed by atoms with Crippen LogP contribution in [0.4, 0.5) is 0 Å². The molecule has 2 aromatic heterocycles. The largest absolute Gasteiger partial charge is 0.487 e. The number of aliphatic hydroxyl groups excluding tert-OH is 1. The van der Waals surface area contributed by atoms with Crippen LogP contribution in [0.3, 0.4) is 0 Å². The average Bonchev–Trinajstić information content (AvgIpc) is 2.87. The monoisotopic (exact) mass is 230 g/mol. The van der Waals surface area contributed by atoms with Gasteiger partial charge in [0.25, 0.3) is 0 Å². The Bertz CT molecular complexity index is 526. The van der Waals surface area contributed by atoms with Crippen LogP contribution in [0.15, 0.2) is 35.4 Å². The lowest BCUT2D eigenvalue weighted by atomic mass is 10.3. The summed E-state index contributed by atoms with van der Waals surface area (Å²) in [5.41, 5.74) is 1.54. The van der Waals surface area contributed by atoms with Crippen LogP contribution in [-0.2, 0) is 6.61 Å². The zero-order chi connectivity index (χ0) is 11.9. The molecule has 0 amide bonds. The lowest BCUT2D eigenvalue weighted by Crippen LogP contribution is -1.94. The van der Waals surface area contributed by atoms with Crippen molar-refractivity contribution in [1.82, 2.24) is 10.1 Å². The summed E-state index contributed by atoms with van der Waals surface area (Å²) in [5.74, 6) is 5.91. The van der Waals surface area contributed by atoms with Crippen molar-refractivity contribution in [2.24, 2.45) is 0 Å². The minimum atomic E-state index is -0.175. The van der Waals surface area contributed by atoms with Crippen molar-refractivity contribution in [2.75, 3.05) is 6.61 Å². The fraction of sp³-hybridized carbons (Fsp3) is 0.167. The first-order chi connectivity index (χ1) is 8.38. The Balaban J connectivity index is 2.01. The van der Waals surface area contributed by atoms with Crippen molar-refractivity contribution in [3.05, 3.63) is 42.0 Å². The summed E-state index contributed by atoms with van der Waals surface area (Å²) in [6.45, 7) is 0.188. The van der Waals surface area contributed by atoms with Crippen LogP contribution in [0.1, 0.15) is 11.1 Å². The van der Waals surface area contributed by atoms with E-state index in [4.69, 9.17) is 9.84 Å². The van der Waals surface area contributed by atoms with E-state index in [0.717, 1.165) is 5.56 Å². The highest BCUT2D eigenvalue weighted by atomic mass is 16.5. The number of ether oxygens (including phenoxy) is 1. The molecule has 0 radical (unpaired) electrons. The fourth-order valence-corrected chi connectivity index (χ4v) is 1.17. The van der Waals surface area contributed by atoms with Gasteiger partial charge in [0.15, 0.2) is 0 Å². The number of aliphatic hydroxyl groups is 1. The smallest absolute Gasteiger partial charge is 0.139 e. The first-order valence-electron chi connectivity index (χ1n) is 4.94. The molecule has 2 heterocycles. The molecule has 0 aliphatic carbocycles. The molecule has 17 heavy (non-hydrogen) atoms. The molecule has 5 nitrogen and oxygen atoms in total. The second kappa shape index (κ2) is 5.68. The molecule has 86 valence electrons. The summed E-state index contributed by atoms with van der Waals surface area (Å²) < 4.78 is 10.2. The highest BCUT2D eigenvalue weighted by Crippen LogP contribution is 2.12. The average molecular weight is 230 g/mol. The molecule has 0 fully saturated rings. The molecular weight excluding hydrogens is 220 g/mol. The zero-order valence-electron chi connectivity index (χ0n) is 8.96. The van der Waals surface area contributed by atoms with Crippen molar-refractivity contribution in [1.29, 1.82) is 0 Å². The summed E-state index contributed by atoms with van der Waals surface area (Å²) >= 11 is 0. The second-order valence-electron chi connectivity index (χ2n) is 3.19. The van der Waals surface area contributed by atoms with E-state index >= 15 is 0 Å². The number of pyridine rings is 1. The molecule has 0 atom stereocenters. The minimum absolute atomic E-state index is 0.175. The van der Waals surface area contributed by atoms with E-state index in [1.807, 2.05) is 0 Å². The van der Waals surface area contributed by atoms with E-state index in [2.05, 4.69) is 26.5 Å². The first-order valence-corrected chi connectivity index (χ1v) is 4.94. The van der Waals surface area contributed by atoms with Crippen molar-refractivity contribution in [2.45, 2.75) is 6.61 Å². The summed E-state index contributed by atoms with van der Waals surface area (Å²) in [4.78, 5) is 3.99. The third kappa shape index (κ3) is 3.33.